The van der Waals surface area contributed by atoms with Crippen molar-refractivity contribution in [3.63, 3.8) is 0 Å². The van der Waals surface area contributed by atoms with Gasteiger partial charge in [-0.3, -0.25) is 9.58 Å². The van der Waals surface area contributed by atoms with Gasteiger partial charge in [0, 0.05) is 19.3 Å². The predicted molar refractivity (Wildman–Crippen MR) is 86.3 cm³/mol. The van der Waals surface area contributed by atoms with Crippen LogP contribution in [-0.4, -0.2) is 40.9 Å². The Morgan fingerprint density at radius 3 is 2.71 bits per heavy atom. The zero-order valence-corrected chi connectivity index (χ0v) is 13.4. The van der Waals surface area contributed by atoms with Crippen molar-refractivity contribution in [2.75, 3.05) is 26.2 Å². The molecule has 1 aromatic rings. The van der Waals surface area contributed by atoms with Gasteiger partial charge in [-0.25, -0.2) is 0 Å². The molecule has 2 aliphatic rings. The summed E-state index contributed by atoms with van der Waals surface area (Å²) in [6, 6.07) is 2.89. The highest BCUT2D eigenvalue weighted by Crippen LogP contribution is 2.28. The molecule has 118 valence electrons. The first-order valence-corrected chi connectivity index (χ1v) is 8.82. The van der Waals surface area contributed by atoms with E-state index in [0.29, 0.717) is 6.04 Å². The monoisotopic (exact) mass is 290 g/mol. The summed E-state index contributed by atoms with van der Waals surface area (Å²) in [5.74, 6) is 0.864. The minimum absolute atomic E-state index is 0.665. The SMILES string of the molecule is CCN(Cc1ccn(C2CCCC2)n1)CC1CCNCC1. The Bertz CT molecular complexity index is 416. The number of hydrogen-bond donors (Lipinski definition) is 1. The number of rotatable bonds is 6. The van der Waals surface area contributed by atoms with Crippen molar-refractivity contribution >= 4 is 0 Å². The van der Waals surface area contributed by atoms with Crippen LogP contribution in [0.15, 0.2) is 12.3 Å². The van der Waals surface area contributed by atoms with Gasteiger partial charge in [0.15, 0.2) is 0 Å². The average Bonchev–Trinajstić information content (AvgIpc) is 3.18. The van der Waals surface area contributed by atoms with Crippen molar-refractivity contribution in [2.45, 2.75) is 58.0 Å². The highest BCUT2D eigenvalue weighted by molar-refractivity contribution is 5.00. The van der Waals surface area contributed by atoms with E-state index in [1.165, 1.54) is 63.9 Å². The van der Waals surface area contributed by atoms with Crippen LogP contribution in [0.1, 0.15) is 57.2 Å². The van der Waals surface area contributed by atoms with E-state index >= 15 is 0 Å². The lowest BCUT2D eigenvalue weighted by Gasteiger charge is -2.28. The number of piperidine rings is 1. The lowest BCUT2D eigenvalue weighted by Crippen LogP contribution is -2.36. The van der Waals surface area contributed by atoms with E-state index in [9.17, 15) is 0 Å². The van der Waals surface area contributed by atoms with Gasteiger partial charge in [-0.2, -0.15) is 5.10 Å². The molecule has 0 spiro atoms. The van der Waals surface area contributed by atoms with Gasteiger partial charge < -0.3 is 5.32 Å². The Balaban J connectivity index is 1.53. The molecule has 4 nitrogen and oxygen atoms in total. The van der Waals surface area contributed by atoms with Crippen LogP contribution in [-0.2, 0) is 6.54 Å². The summed E-state index contributed by atoms with van der Waals surface area (Å²) < 4.78 is 2.22. The summed E-state index contributed by atoms with van der Waals surface area (Å²) in [6.07, 6.45) is 10.2. The van der Waals surface area contributed by atoms with Gasteiger partial charge in [-0.05, 0) is 57.3 Å². The van der Waals surface area contributed by atoms with Gasteiger partial charge in [-0.1, -0.05) is 19.8 Å². The van der Waals surface area contributed by atoms with Crippen molar-refractivity contribution in [2.24, 2.45) is 5.92 Å². The molecule has 1 aliphatic heterocycles. The summed E-state index contributed by atoms with van der Waals surface area (Å²) in [5, 5.41) is 8.29. The lowest BCUT2D eigenvalue weighted by molar-refractivity contribution is 0.204. The third-order valence-electron chi connectivity index (χ3n) is 5.17. The first-order valence-electron chi connectivity index (χ1n) is 8.82. The second-order valence-electron chi connectivity index (χ2n) is 6.75. The van der Waals surface area contributed by atoms with E-state index in [2.05, 4.69) is 34.1 Å². The number of aromatic nitrogens is 2. The van der Waals surface area contributed by atoms with Crippen molar-refractivity contribution in [3.05, 3.63) is 18.0 Å². The second kappa shape index (κ2) is 7.41. The maximum atomic E-state index is 4.84. The summed E-state index contributed by atoms with van der Waals surface area (Å²) >= 11 is 0. The van der Waals surface area contributed by atoms with Crippen molar-refractivity contribution in [3.8, 4) is 0 Å². The number of nitrogens with zero attached hydrogens (tertiary/aromatic N) is 3. The Morgan fingerprint density at radius 1 is 1.24 bits per heavy atom. The smallest absolute Gasteiger partial charge is 0.0764 e. The van der Waals surface area contributed by atoms with Crippen molar-refractivity contribution < 1.29 is 0 Å². The molecule has 0 radical (unpaired) electrons. The van der Waals surface area contributed by atoms with E-state index in [1.807, 2.05) is 0 Å². The zero-order chi connectivity index (χ0) is 14.5. The zero-order valence-electron chi connectivity index (χ0n) is 13.4. The highest BCUT2D eigenvalue weighted by atomic mass is 15.3. The molecule has 1 aliphatic carbocycles. The van der Waals surface area contributed by atoms with Crippen LogP contribution in [0.3, 0.4) is 0 Å². The molecule has 21 heavy (non-hydrogen) atoms. The highest BCUT2D eigenvalue weighted by Gasteiger charge is 2.19. The third-order valence-corrected chi connectivity index (χ3v) is 5.17. The first-order chi connectivity index (χ1) is 10.3. The Labute approximate surface area is 128 Å². The van der Waals surface area contributed by atoms with Crippen LogP contribution in [0.25, 0.3) is 0 Å². The standard InChI is InChI=1S/C17H30N4/c1-2-20(13-15-7-10-18-11-8-15)14-16-9-12-21(19-16)17-5-3-4-6-17/h9,12,15,17-18H,2-8,10-11,13-14H2,1H3. The topological polar surface area (TPSA) is 33.1 Å². The Hall–Kier alpha value is -0.870. The molecule has 0 amide bonds. The molecular weight excluding hydrogens is 260 g/mol. The maximum Gasteiger partial charge on any atom is 0.0764 e. The van der Waals surface area contributed by atoms with Gasteiger partial charge in [-0.15, -0.1) is 0 Å². The molecule has 1 saturated heterocycles. The second-order valence-corrected chi connectivity index (χ2v) is 6.75. The molecule has 0 unspecified atom stereocenters. The maximum absolute atomic E-state index is 4.84. The number of hydrogen-bond acceptors (Lipinski definition) is 3. The molecule has 2 heterocycles. The van der Waals surface area contributed by atoms with Gasteiger partial charge in [0.2, 0.25) is 0 Å². The van der Waals surface area contributed by atoms with Gasteiger partial charge in [0.1, 0.15) is 0 Å². The van der Waals surface area contributed by atoms with E-state index in [1.54, 1.807) is 0 Å². The number of nitrogens with one attached hydrogen (secondary N) is 1. The quantitative estimate of drug-likeness (QED) is 0.874. The van der Waals surface area contributed by atoms with Crippen LogP contribution >= 0.6 is 0 Å². The van der Waals surface area contributed by atoms with Crippen LogP contribution in [0.2, 0.25) is 0 Å². The lowest BCUT2D eigenvalue weighted by atomic mass is 9.97. The summed E-state index contributed by atoms with van der Waals surface area (Å²) in [7, 11) is 0. The van der Waals surface area contributed by atoms with Crippen LogP contribution < -0.4 is 5.32 Å². The van der Waals surface area contributed by atoms with E-state index in [4.69, 9.17) is 5.10 Å². The first kappa shape index (κ1) is 15.0. The van der Waals surface area contributed by atoms with Crippen LogP contribution in [0.5, 0.6) is 0 Å². The third kappa shape index (κ3) is 4.07. The molecule has 0 bridgehead atoms. The molecule has 0 aromatic carbocycles. The van der Waals surface area contributed by atoms with Gasteiger partial charge in [0.05, 0.1) is 11.7 Å². The fourth-order valence-electron chi connectivity index (χ4n) is 3.80. The molecular formula is C17H30N4. The van der Waals surface area contributed by atoms with E-state index < -0.39 is 0 Å². The minimum atomic E-state index is 0.665. The van der Waals surface area contributed by atoms with Crippen LogP contribution in [0.4, 0.5) is 0 Å². The predicted octanol–water partition coefficient (Wildman–Crippen LogP) is 2.82. The molecule has 1 N–H and O–H groups in total. The summed E-state index contributed by atoms with van der Waals surface area (Å²) in [4.78, 5) is 2.57. The molecule has 3 rings (SSSR count). The Kier molecular flexibility index (Phi) is 5.31. The average molecular weight is 290 g/mol. The van der Waals surface area contributed by atoms with Crippen molar-refractivity contribution in [1.29, 1.82) is 0 Å². The molecule has 0 atom stereocenters. The van der Waals surface area contributed by atoms with E-state index in [-0.39, 0.29) is 0 Å². The molecule has 1 saturated carbocycles. The Morgan fingerprint density at radius 2 is 2.00 bits per heavy atom. The van der Waals surface area contributed by atoms with E-state index in [0.717, 1.165) is 19.0 Å². The van der Waals surface area contributed by atoms with Crippen molar-refractivity contribution in [1.82, 2.24) is 20.0 Å². The summed E-state index contributed by atoms with van der Waals surface area (Å²) in [6.45, 7) is 8.03. The molecule has 1 aromatic heterocycles. The minimum Gasteiger partial charge on any atom is -0.317 e. The molecule has 4 heteroatoms. The summed E-state index contributed by atoms with van der Waals surface area (Å²) in [5.41, 5.74) is 1.25. The fraction of sp³-hybridized carbons (Fsp3) is 0.824. The molecule has 2 fully saturated rings. The van der Waals surface area contributed by atoms with Gasteiger partial charge >= 0.3 is 0 Å². The fourth-order valence-corrected chi connectivity index (χ4v) is 3.80. The largest absolute Gasteiger partial charge is 0.317 e. The van der Waals surface area contributed by atoms with Crippen LogP contribution in [0, 0.1) is 5.92 Å². The normalized spacial score (nSPS) is 21.4. The van der Waals surface area contributed by atoms with Gasteiger partial charge in [0.25, 0.3) is 0 Å².